The van der Waals surface area contributed by atoms with Gasteiger partial charge in [-0.05, 0) is 54.7 Å². The van der Waals surface area contributed by atoms with E-state index in [1.54, 1.807) is 29.2 Å². The fourth-order valence-corrected chi connectivity index (χ4v) is 6.60. The standard InChI is InChI=1S/C28H25ClN6O2S2/c1-2-16-6-8-17(9-7-16)24-20(14-30)26(31)35(21-4-3-5-22(36)25(21)24)27-33-34-28(39-27)38-15-23(37)32-19-12-10-18(29)11-13-19/h6-13,24H,2-5,15,31H2,1H3,(H,32,37). The summed E-state index contributed by atoms with van der Waals surface area (Å²) in [5.41, 5.74) is 11.0. The zero-order valence-corrected chi connectivity index (χ0v) is 23.5. The van der Waals surface area contributed by atoms with Crippen molar-refractivity contribution in [3.8, 4) is 6.07 Å². The quantitative estimate of drug-likeness (QED) is 0.339. The summed E-state index contributed by atoms with van der Waals surface area (Å²) in [7, 11) is 0. The molecule has 198 valence electrons. The lowest BCUT2D eigenvalue weighted by Gasteiger charge is -2.38. The Bertz CT molecular complexity index is 1520. The van der Waals surface area contributed by atoms with E-state index in [0.29, 0.717) is 50.6 Å². The van der Waals surface area contributed by atoms with Crippen molar-refractivity contribution in [1.29, 1.82) is 5.26 Å². The molecule has 8 nitrogen and oxygen atoms in total. The molecular weight excluding hydrogens is 552 g/mol. The number of nitrogens with two attached hydrogens (primary N) is 1. The summed E-state index contributed by atoms with van der Waals surface area (Å²) in [5, 5.41) is 22.6. The topological polar surface area (TPSA) is 125 Å². The van der Waals surface area contributed by atoms with E-state index in [1.807, 2.05) is 24.3 Å². The number of aromatic nitrogens is 2. The Morgan fingerprint density at radius 1 is 1.21 bits per heavy atom. The van der Waals surface area contributed by atoms with Crippen molar-refractivity contribution >= 4 is 57.2 Å². The van der Waals surface area contributed by atoms with Crippen molar-refractivity contribution < 1.29 is 9.59 Å². The third-order valence-electron chi connectivity index (χ3n) is 6.68. The van der Waals surface area contributed by atoms with Crippen LogP contribution in [-0.2, 0) is 16.0 Å². The predicted octanol–water partition coefficient (Wildman–Crippen LogP) is 5.79. The number of Topliss-reactive ketones (excluding diaryl/α,β-unsaturated/α-hetero) is 1. The molecule has 0 fully saturated rings. The van der Waals surface area contributed by atoms with E-state index in [0.717, 1.165) is 17.7 Å². The molecule has 2 aromatic carbocycles. The molecule has 0 saturated carbocycles. The summed E-state index contributed by atoms with van der Waals surface area (Å²) >= 11 is 8.41. The number of amides is 1. The number of hydrogen-bond donors (Lipinski definition) is 2. The zero-order valence-electron chi connectivity index (χ0n) is 21.1. The number of benzene rings is 2. The highest BCUT2D eigenvalue weighted by atomic mass is 35.5. The van der Waals surface area contributed by atoms with Crippen molar-refractivity contribution in [3.63, 3.8) is 0 Å². The molecule has 0 spiro atoms. The summed E-state index contributed by atoms with van der Waals surface area (Å²) in [4.78, 5) is 27.4. The molecule has 1 aliphatic heterocycles. The summed E-state index contributed by atoms with van der Waals surface area (Å²) in [5.74, 6) is -0.303. The van der Waals surface area contributed by atoms with Crippen LogP contribution in [0.2, 0.25) is 5.02 Å². The van der Waals surface area contributed by atoms with E-state index in [1.165, 1.54) is 28.7 Å². The Labute approximate surface area is 239 Å². The van der Waals surface area contributed by atoms with Gasteiger partial charge in [-0.2, -0.15) is 5.26 Å². The fourth-order valence-electron chi connectivity index (χ4n) is 4.79. The molecule has 11 heteroatoms. The van der Waals surface area contributed by atoms with Gasteiger partial charge >= 0.3 is 0 Å². The number of anilines is 2. The predicted molar refractivity (Wildman–Crippen MR) is 154 cm³/mol. The first kappa shape index (κ1) is 26.9. The largest absolute Gasteiger partial charge is 0.384 e. The third-order valence-corrected chi connectivity index (χ3v) is 8.97. The van der Waals surface area contributed by atoms with Crippen molar-refractivity contribution in [2.24, 2.45) is 5.73 Å². The van der Waals surface area contributed by atoms with Gasteiger partial charge in [-0.1, -0.05) is 65.9 Å². The molecule has 1 atom stereocenters. The number of carbonyl (C=O) groups excluding carboxylic acids is 2. The van der Waals surface area contributed by atoms with Crippen molar-refractivity contribution in [1.82, 2.24) is 10.2 Å². The van der Waals surface area contributed by atoms with Crippen LogP contribution in [0.3, 0.4) is 0 Å². The number of nitriles is 1. The highest BCUT2D eigenvalue weighted by molar-refractivity contribution is 8.01. The number of halogens is 1. The van der Waals surface area contributed by atoms with Gasteiger partial charge < -0.3 is 11.1 Å². The third kappa shape index (κ3) is 5.57. The normalized spacial score (nSPS) is 17.2. The smallest absolute Gasteiger partial charge is 0.234 e. The maximum atomic E-state index is 13.3. The first-order valence-electron chi connectivity index (χ1n) is 12.5. The van der Waals surface area contributed by atoms with E-state index in [4.69, 9.17) is 17.3 Å². The van der Waals surface area contributed by atoms with Crippen molar-refractivity contribution in [2.45, 2.75) is 42.9 Å². The van der Waals surface area contributed by atoms with Gasteiger partial charge in [0, 0.05) is 28.4 Å². The van der Waals surface area contributed by atoms with Crippen LogP contribution in [0.1, 0.15) is 43.2 Å². The van der Waals surface area contributed by atoms with Gasteiger partial charge in [0.2, 0.25) is 11.0 Å². The minimum Gasteiger partial charge on any atom is -0.384 e. The van der Waals surface area contributed by atoms with E-state index < -0.39 is 5.92 Å². The number of aryl methyl sites for hydroxylation is 1. The molecule has 1 unspecified atom stereocenters. The summed E-state index contributed by atoms with van der Waals surface area (Å²) in [6.45, 7) is 2.08. The molecular formula is C28H25ClN6O2S2. The molecule has 0 radical (unpaired) electrons. The van der Waals surface area contributed by atoms with Crippen LogP contribution in [0.4, 0.5) is 10.8 Å². The molecule has 3 aromatic rings. The van der Waals surface area contributed by atoms with E-state index in [2.05, 4.69) is 28.5 Å². The molecule has 39 heavy (non-hydrogen) atoms. The van der Waals surface area contributed by atoms with Gasteiger partial charge in [-0.3, -0.25) is 14.5 Å². The highest BCUT2D eigenvalue weighted by Gasteiger charge is 2.41. The summed E-state index contributed by atoms with van der Waals surface area (Å²) < 4.78 is 0.573. The number of allylic oxidation sites excluding steroid dienone is 3. The number of ketones is 1. The van der Waals surface area contributed by atoms with E-state index in [9.17, 15) is 14.9 Å². The summed E-state index contributed by atoms with van der Waals surface area (Å²) in [6, 6.07) is 17.2. The van der Waals surface area contributed by atoms with Gasteiger partial charge in [-0.15, -0.1) is 10.2 Å². The maximum absolute atomic E-state index is 13.3. The lowest BCUT2D eigenvalue weighted by atomic mass is 9.75. The molecule has 3 N–H and O–H groups in total. The molecule has 2 heterocycles. The number of rotatable bonds is 7. The van der Waals surface area contributed by atoms with Crippen molar-refractivity contribution in [3.05, 3.63) is 87.3 Å². The SMILES string of the molecule is CCc1ccc(C2C(C#N)=C(N)N(c3nnc(SCC(=O)Nc4ccc(Cl)cc4)s3)C3=C2C(=O)CCC3)cc1. The van der Waals surface area contributed by atoms with Crippen LogP contribution in [0.15, 0.2) is 75.5 Å². The van der Waals surface area contributed by atoms with Crippen LogP contribution in [-0.4, -0.2) is 27.6 Å². The Balaban J connectivity index is 1.41. The maximum Gasteiger partial charge on any atom is 0.234 e. The molecule has 5 rings (SSSR count). The molecule has 1 aliphatic carbocycles. The Morgan fingerprint density at radius 3 is 2.64 bits per heavy atom. The number of hydrogen-bond acceptors (Lipinski definition) is 9. The minimum atomic E-state index is -0.515. The van der Waals surface area contributed by atoms with Gasteiger partial charge in [-0.25, -0.2) is 0 Å². The molecule has 1 aromatic heterocycles. The average Bonchev–Trinajstić information content (AvgIpc) is 3.41. The van der Waals surface area contributed by atoms with Gasteiger partial charge in [0.15, 0.2) is 10.1 Å². The lowest BCUT2D eigenvalue weighted by molar-refractivity contribution is -0.116. The minimum absolute atomic E-state index is 0.0176. The van der Waals surface area contributed by atoms with E-state index >= 15 is 0 Å². The second kappa shape index (κ2) is 11.6. The Morgan fingerprint density at radius 2 is 1.95 bits per heavy atom. The monoisotopic (exact) mass is 576 g/mol. The molecule has 2 aliphatic rings. The second-order valence-corrected chi connectivity index (χ2v) is 11.7. The van der Waals surface area contributed by atoms with Crippen LogP contribution in [0.25, 0.3) is 0 Å². The fraction of sp³-hybridized carbons (Fsp3) is 0.250. The van der Waals surface area contributed by atoms with Crippen LogP contribution in [0, 0.1) is 11.3 Å². The first-order chi connectivity index (χ1) is 18.9. The number of carbonyl (C=O) groups is 2. The van der Waals surface area contributed by atoms with Gasteiger partial charge in [0.1, 0.15) is 5.82 Å². The average molecular weight is 577 g/mol. The number of thioether (sulfide) groups is 1. The van der Waals surface area contributed by atoms with Crippen LogP contribution in [0.5, 0.6) is 0 Å². The highest BCUT2D eigenvalue weighted by Crippen LogP contribution is 2.47. The molecule has 0 bridgehead atoms. The molecule has 1 amide bonds. The first-order valence-corrected chi connectivity index (χ1v) is 14.6. The molecule has 0 saturated heterocycles. The number of nitrogens with zero attached hydrogens (tertiary/aromatic N) is 4. The second-order valence-electron chi connectivity index (χ2n) is 9.11. The zero-order chi connectivity index (χ0) is 27.5. The Kier molecular flexibility index (Phi) is 8.02. The van der Waals surface area contributed by atoms with Crippen molar-refractivity contribution in [2.75, 3.05) is 16.0 Å². The van der Waals surface area contributed by atoms with Crippen LogP contribution < -0.4 is 16.0 Å². The van der Waals surface area contributed by atoms with Crippen LogP contribution >= 0.6 is 34.7 Å². The van der Waals surface area contributed by atoms with Gasteiger partial charge in [0.05, 0.1) is 23.3 Å². The summed E-state index contributed by atoms with van der Waals surface area (Å²) in [6.07, 6.45) is 2.65. The van der Waals surface area contributed by atoms with E-state index in [-0.39, 0.29) is 23.3 Å². The lowest BCUT2D eigenvalue weighted by Crippen LogP contribution is -2.38. The Hall–Kier alpha value is -3.65. The number of nitrogens with one attached hydrogen (secondary N) is 1. The van der Waals surface area contributed by atoms with Gasteiger partial charge in [0.25, 0.3) is 0 Å².